The number of carbonyl (C=O) groups is 1. The molecule has 0 spiro atoms. The molecule has 1 amide bonds. The second-order valence-corrected chi connectivity index (χ2v) is 6.33. The van der Waals surface area contributed by atoms with E-state index in [9.17, 15) is 4.79 Å². The van der Waals surface area contributed by atoms with Gasteiger partial charge in [-0.3, -0.25) is 10.1 Å². The van der Waals surface area contributed by atoms with Crippen molar-refractivity contribution in [3.63, 3.8) is 0 Å². The predicted octanol–water partition coefficient (Wildman–Crippen LogP) is 2.40. The summed E-state index contributed by atoms with van der Waals surface area (Å²) in [6, 6.07) is 7.99. The molecule has 4 nitrogen and oxygen atoms in total. The molecule has 2 aromatic rings. The van der Waals surface area contributed by atoms with E-state index < -0.39 is 0 Å². The average molecular weight is 289 g/mol. The van der Waals surface area contributed by atoms with Gasteiger partial charge in [-0.15, -0.1) is 11.3 Å². The maximum Gasteiger partial charge on any atom is 0.239 e. The van der Waals surface area contributed by atoms with Gasteiger partial charge in [-0.25, -0.2) is 4.98 Å². The Bertz CT molecular complexity index is 571. The van der Waals surface area contributed by atoms with E-state index in [1.165, 1.54) is 4.70 Å². The lowest BCUT2D eigenvalue weighted by Crippen LogP contribution is -2.43. The molecule has 0 radical (unpaired) electrons. The number of nitrogens with zero attached hydrogens (tertiary/aromatic N) is 2. The molecule has 20 heavy (non-hydrogen) atoms. The Labute approximate surface area is 122 Å². The van der Waals surface area contributed by atoms with Crippen LogP contribution in [0.25, 0.3) is 10.2 Å². The highest BCUT2D eigenvalue weighted by atomic mass is 32.1. The molecule has 0 bridgehead atoms. The summed E-state index contributed by atoms with van der Waals surface area (Å²) in [6.45, 7) is 4.41. The van der Waals surface area contributed by atoms with Crippen LogP contribution in [0.5, 0.6) is 0 Å². The fourth-order valence-corrected chi connectivity index (χ4v) is 3.45. The molecule has 1 N–H and O–H groups in total. The Morgan fingerprint density at radius 3 is 2.90 bits per heavy atom. The van der Waals surface area contributed by atoms with Gasteiger partial charge in [0.05, 0.1) is 16.3 Å². The standard InChI is InChI=1S/C15H19N3OS/c1-11(15(19)18-8-4-5-9-18)16-10-14-17-12-6-2-3-7-13(12)20-14/h2-3,6-7,11,16H,4-5,8-10H2,1H3. The Balaban J connectivity index is 1.59. The third kappa shape index (κ3) is 2.83. The van der Waals surface area contributed by atoms with Gasteiger partial charge in [-0.1, -0.05) is 12.1 Å². The number of carbonyl (C=O) groups excluding carboxylic acids is 1. The summed E-state index contributed by atoms with van der Waals surface area (Å²) >= 11 is 1.68. The zero-order valence-electron chi connectivity index (χ0n) is 11.6. The largest absolute Gasteiger partial charge is 0.341 e. The molecule has 1 unspecified atom stereocenters. The van der Waals surface area contributed by atoms with Crippen LogP contribution < -0.4 is 5.32 Å². The van der Waals surface area contributed by atoms with Gasteiger partial charge >= 0.3 is 0 Å². The van der Waals surface area contributed by atoms with Gasteiger partial charge in [-0.05, 0) is 31.9 Å². The van der Waals surface area contributed by atoms with E-state index in [-0.39, 0.29) is 11.9 Å². The van der Waals surface area contributed by atoms with Crippen LogP contribution in [-0.4, -0.2) is 34.9 Å². The van der Waals surface area contributed by atoms with Gasteiger partial charge in [0.25, 0.3) is 0 Å². The van der Waals surface area contributed by atoms with Crippen molar-refractivity contribution in [1.29, 1.82) is 0 Å². The summed E-state index contributed by atoms with van der Waals surface area (Å²) in [6.07, 6.45) is 2.27. The first-order valence-corrected chi connectivity index (χ1v) is 7.92. The van der Waals surface area contributed by atoms with Crippen molar-refractivity contribution >= 4 is 27.5 Å². The monoisotopic (exact) mass is 289 g/mol. The molecule has 1 aliphatic rings. The SMILES string of the molecule is CC(NCc1nc2ccccc2s1)C(=O)N1CCCC1. The maximum absolute atomic E-state index is 12.2. The van der Waals surface area contributed by atoms with Gasteiger partial charge in [0.1, 0.15) is 5.01 Å². The Kier molecular flexibility index (Phi) is 3.98. The van der Waals surface area contributed by atoms with Crippen LogP contribution in [0.4, 0.5) is 0 Å². The van der Waals surface area contributed by atoms with E-state index in [1.807, 2.05) is 30.0 Å². The van der Waals surface area contributed by atoms with Crippen molar-refractivity contribution in [2.24, 2.45) is 0 Å². The van der Waals surface area contributed by atoms with E-state index in [1.54, 1.807) is 11.3 Å². The van der Waals surface area contributed by atoms with Crippen LogP contribution in [0.15, 0.2) is 24.3 Å². The number of benzene rings is 1. The van der Waals surface area contributed by atoms with Gasteiger partial charge in [0.2, 0.25) is 5.91 Å². The summed E-state index contributed by atoms with van der Waals surface area (Å²) in [5.41, 5.74) is 1.04. The Morgan fingerprint density at radius 2 is 2.15 bits per heavy atom. The molecule has 106 valence electrons. The third-order valence-corrected chi connectivity index (χ3v) is 4.72. The highest BCUT2D eigenvalue weighted by Gasteiger charge is 2.22. The lowest BCUT2D eigenvalue weighted by Gasteiger charge is -2.20. The molecule has 3 rings (SSSR count). The first-order chi connectivity index (χ1) is 9.74. The number of rotatable bonds is 4. The minimum Gasteiger partial charge on any atom is -0.341 e. The quantitative estimate of drug-likeness (QED) is 0.940. The van der Waals surface area contributed by atoms with E-state index >= 15 is 0 Å². The molecule has 5 heteroatoms. The summed E-state index contributed by atoms with van der Waals surface area (Å²) in [4.78, 5) is 18.7. The number of hydrogen-bond acceptors (Lipinski definition) is 4. The smallest absolute Gasteiger partial charge is 0.239 e. The van der Waals surface area contributed by atoms with Crippen molar-refractivity contribution in [1.82, 2.24) is 15.2 Å². The third-order valence-electron chi connectivity index (χ3n) is 3.69. The topological polar surface area (TPSA) is 45.2 Å². The predicted molar refractivity (Wildman–Crippen MR) is 81.7 cm³/mol. The van der Waals surface area contributed by atoms with Crippen LogP contribution in [0.2, 0.25) is 0 Å². The van der Waals surface area contributed by atoms with E-state index in [0.29, 0.717) is 6.54 Å². The molecule has 1 aromatic heterocycles. The van der Waals surface area contributed by atoms with Crippen molar-refractivity contribution in [2.75, 3.05) is 13.1 Å². The zero-order chi connectivity index (χ0) is 13.9. The number of thiazole rings is 1. The molecule has 1 fully saturated rings. The molecule has 1 atom stereocenters. The summed E-state index contributed by atoms with van der Waals surface area (Å²) < 4.78 is 1.20. The summed E-state index contributed by atoms with van der Waals surface area (Å²) in [5, 5.41) is 4.33. The number of amides is 1. The lowest BCUT2D eigenvalue weighted by atomic mass is 10.3. The number of likely N-dealkylation sites (tertiary alicyclic amines) is 1. The second-order valence-electron chi connectivity index (χ2n) is 5.21. The van der Waals surface area contributed by atoms with Gasteiger partial charge in [-0.2, -0.15) is 0 Å². The van der Waals surface area contributed by atoms with Gasteiger partial charge in [0.15, 0.2) is 0 Å². The molecule has 0 saturated carbocycles. The minimum atomic E-state index is -0.139. The van der Waals surface area contributed by atoms with Crippen molar-refractivity contribution in [3.05, 3.63) is 29.3 Å². The molecular weight excluding hydrogens is 270 g/mol. The lowest BCUT2D eigenvalue weighted by molar-refractivity contribution is -0.131. The normalized spacial score (nSPS) is 16.8. The number of fused-ring (bicyclic) bond motifs is 1. The Hall–Kier alpha value is -1.46. The van der Waals surface area contributed by atoms with Crippen molar-refractivity contribution in [3.8, 4) is 0 Å². The minimum absolute atomic E-state index is 0.139. The number of nitrogens with one attached hydrogen (secondary N) is 1. The van der Waals surface area contributed by atoms with E-state index in [2.05, 4.69) is 16.4 Å². The summed E-state index contributed by atoms with van der Waals surface area (Å²) in [5.74, 6) is 0.212. The molecule has 0 aliphatic carbocycles. The number of hydrogen-bond donors (Lipinski definition) is 1. The summed E-state index contributed by atoms with van der Waals surface area (Å²) in [7, 11) is 0. The van der Waals surface area contributed by atoms with E-state index in [4.69, 9.17) is 0 Å². The average Bonchev–Trinajstić information content (AvgIpc) is 3.12. The van der Waals surface area contributed by atoms with E-state index in [0.717, 1.165) is 36.5 Å². The zero-order valence-corrected chi connectivity index (χ0v) is 12.4. The molecule has 1 saturated heterocycles. The van der Waals surface area contributed by atoms with Crippen LogP contribution in [-0.2, 0) is 11.3 Å². The highest BCUT2D eigenvalue weighted by Crippen LogP contribution is 2.21. The first-order valence-electron chi connectivity index (χ1n) is 7.10. The molecule has 1 aliphatic heterocycles. The highest BCUT2D eigenvalue weighted by molar-refractivity contribution is 7.18. The van der Waals surface area contributed by atoms with Gasteiger partial charge < -0.3 is 4.90 Å². The van der Waals surface area contributed by atoms with Crippen LogP contribution in [0.1, 0.15) is 24.8 Å². The maximum atomic E-state index is 12.2. The molecular formula is C15H19N3OS. The number of aromatic nitrogens is 1. The van der Waals surface area contributed by atoms with Crippen molar-refractivity contribution < 1.29 is 4.79 Å². The van der Waals surface area contributed by atoms with Crippen LogP contribution in [0, 0.1) is 0 Å². The first kappa shape index (κ1) is 13.5. The fourth-order valence-electron chi connectivity index (χ4n) is 2.53. The van der Waals surface area contributed by atoms with Crippen molar-refractivity contribution in [2.45, 2.75) is 32.4 Å². The fraction of sp³-hybridized carbons (Fsp3) is 0.467. The number of para-hydroxylation sites is 1. The molecule has 2 heterocycles. The van der Waals surface area contributed by atoms with Crippen LogP contribution in [0.3, 0.4) is 0 Å². The Morgan fingerprint density at radius 1 is 1.40 bits per heavy atom. The van der Waals surface area contributed by atoms with Crippen LogP contribution >= 0.6 is 11.3 Å². The second kappa shape index (κ2) is 5.89. The molecule has 1 aromatic carbocycles. The van der Waals surface area contributed by atoms with Gasteiger partial charge in [0, 0.05) is 19.6 Å².